The number of benzene rings is 2. The van der Waals surface area contributed by atoms with E-state index in [1.165, 1.54) is 24.3 Å². The molecule has 0 unspecified atom stereocenters. The Balaban J connectivity index is 1.62. The van der Waals surface area contributed by atoms with Gasteiger partial charge in [0, 0.05) is 11.3 Å². The molecular weight excluding hydrogens is 351 g/mol. The van der Waals surface area contributed by atoms with E-state index >= 15 is 0 Å². The summed E-state index contributed by atoms with van der Waals surface area (Å²) in [6.07, 6.45) is -4.37. The molecule has 1 heterocycles. The minimum Gasteiger partial charge on any atom is -0.367 e. The van der Waals surface area contributed by atoms with Crippen molar-refractivity contribution in [2.45, 2.75) is 12.8 Å². The standard InChI is InChI=1S/C17H14F3N3O3/c18-17(19,20)9-26-8-10-1-3-11(4-2-10)15(24)21-12-5-6-13-14(7-12)23-16(25)22-13/h1-7H,8-9H2,(H,21,24)(H2,22,23,25). The molecule has 0 saturated heterocycles. The second-order valence-electron chi connectivity index (χ2n) is 5.60. The number of anilines is 1. The average molecular weight is 365 g/mol. The van der Waals surface area contributed by atoms with Crippen LogP contribution in [0.2, 0.25) is 0 Å². The Morgan fingerprint density at radius 2 is 1.73 bits per heavy atom. The van der Waals surface area contributed by atoms with Crippen molar-refractivity contribution in [2.75, 3.05) is 11.9 Å². The number of aromatic nitrogens is 2. The largest absolute Gasteiger partial charge is 0.411 e. The Morgan fingerprint density at radius 3 is 2.42 bits per heavy atom. The molecule has 0 aliphatic carbocycles. The van der Waals surface area contributed by atoms with Crippen molar-refractivity contribution in [3.05, 3.63) is 64.1 Å². The lowest BCUT2D eigenvalue weighted by molar-refractivity contribution is -0.176. The van der Waals surface area contributed by atoms with Gasteiger partial charge in [-0.2, -0.15) is 13.2 Å². The van der Waals surface area contributed by atoms with E-state index in [2.05, 4.69) is 20.0 Å². The zero-order chi connectivity index (χ0) is 18.7. The Labute approximate surface area is 145 Å². The first kappa shape index (κ1) is 17.7. The number of imidazole rings is 1. The lowest BCUT2D eigenvalue weighted by atomic mass is 10.1. The van der Waals surface area contributed by atoms with Gasteiger partial charge in [0.05, 0.1) is 17.6 Å². The maximum atomic E-state index is 12.2. The van der Waals surface area contributed by atoms with E-state index in [0.717, 1.165) is 0 Å². The number of alkyl halides is 3. The predicted octanol–water partition coefficient (Wildman–Crippen LogP) is 3.19. The van der Waals surface area contributed by atoms with Crippen LogP contribution in [-0.4, -0.2) is 28.7 Å². The minimum atomic E-state index is -4.37. The van der Waals surface area contributed by atoms with Gasteiger partial charge in [-0.1, -0.05) is 12.1 Å². The van der Waals surface area contributed by atoms with E-state index in [4.69, 9.17) is 0 Å². The number of nitrogens with one attached hydrogen (secondary N) is 3. The summed E-state index contributed by atoms with van der Waals surface area (Å²) in [7, 11) is 0. The molecule has 0 aliphatic heterocycles. The number of aromatic amines is 2. The van der Waals surface area contributed by atoms with Gasteiger partial charge >= 0.3 is 11.9 Å². The number of ether oxygens (including phenoxy) is 1. The first-order valence-corrected chi connectivity index (χ1v) is 7.57. The number of carbonyl (C=O) groups is 1. The molecule has 3 N–H and O–H groups in total. The van der Waals surface area contributed by atoms with Crippen LogP contribution in [0.25, 0.3) is 11.0 Å². The van der Waals surface area contributed by atoms with Gasteiger partial charge in [0.1, 0.15) is 6.61 Å². The van der Waals surface area contributed by atoms with Crippen molar-refractivity contribution in [1.29, 1.82) is 0 Å². The molecule has 0 fully saturated rings. The summed E-state index contributed by atoms with van der Waals surface area (Å²) in [4.78, 5) is 28.7. The number of carbonyl (C=O) groups excluding carboxylic acids is 1. The van der Waals surface area contributed by atoms with Crippen molar-refractivity contribution in [2.24, 2.45) is 0 Å². The molecule has 0 aliphatic rings. The number of rotatable bonds is 5. The fraction of sp³-hybridized carbons (Fsp3) is 0.176. The fourth-order valence-corrected chi connectivity index (χ4v) is 2.35. The summed E-state index contributed by atoms with van der Waals surface area (Å²) in [5.74, 6) is -0.384. The third kappa shape index (κ3) is 4.51. The van der Waals surface area contributed by atoms with Crippen LogP contribution in [-0.2, 0) is 11.3 Å². The number of halogens is 3. The molecule has 0 radical (unpaired) electrons. The van der Waals surface area contributed by atoms with E-state index in [-0.39, 0.29) is 18.2 Å². The van der Waals surface area contributed by atoms with Crippen LogP contribution >= 0.6 is 0 Å². The van der Waals surface area contributed by atoms with Crippen LogP contribution < -0.4 is 11.0 Å². The van der Waals surface area contributed by atoms with Crippen LogP contribution in [0.5, 0.6) is 0 Å². The van der Waals surface area contributed by atoms with E-state index in [9.17, 15) is 22.8 Å². The van der Waals surface area contributed by atoms with Crippen LogP contribution in [0.4, 0.5) is 18.9 Å². The van der Waals surface area contributed by atoms with Gasteiger partial charge in [-0.25, -0.2) is 4.79 Å². The van der Waals surface area contributed by atoms with Crippen molar-refractivity contribution < 1.29 is 22.7 Å². The number of hydrogen-bond donors (Lipinski definition) is 3. The molecule has 0 bridgehead atoms. The Hall–Kier alpha value is -3.07. The van der Waals surface area contributed by atoms with Crippen molar-refractivity contribution in [3.63, 3.8) is 0 Å². The average Bonchev–Trinajstić information content (AvgIpc) is 2.93. The highest BCUT2D eigenvalue weighted by Crippen LogP contribution is 2.17. The van der Waals surface area contributed by atoms with E-state index < -0.39 is 12.8 Å². The first-order valence-electron chi connectivity index (χ1n) is 7.57. The fourth-order valence-electron chi connectivity index (χ4n) is 2.35. The SMILES string of the molecule is O=C(Nc1ccc2[nH]c(=O)[nH]c2c1)c1ccc(COCC(F)(F)F)cc1. The molecule has 6 nitrogen and oxygen atoms in total. The van der Waals surface area contributed by atoms with Crippen LogP contribution in [0.3, 0.4) is 0 Å². The molecule has 136 valence electrons. The minimum absolute atomic E-state index is 0.196. The molecule has 2 aromatic carbocycles. The lowest BCUT2D eigenvalue weighted by Crippen LogP contribution is -2.16. The highest BCUT2D eigenvalue weighted by molar-refractivity contribution is 6.04. The van der Waals surface area contributed by atoms with Gasteiger partial charge in [0.2, 0.25) is 0 Å². The Morgan fingerprint density at radius 1 is 1.04 bits per heavy atom. The monoisotopic (exact) mass is 365 g/mol. The molecule has 3 aromatic rings. The predicted molar refractivity (Wildman–Crippen MR) is 89.0 cm³/mol. The molecule has 1 amide bonds. The molecular formula is C17H14F3N3O3. The zero-order valence-electron chi connectivity index (χ0n) is 13.3. The molecule has 3 rings (SSSR count). The number of fused-ring (bicyclic) bond motifs is 1. The van der Waals surface area contributed by atoms with Gasteiger partial charge < -0.3 is 20.0 Å². The second-order valence-corrected chi connectivity index (χ2v) is 5.60. The highest BCUT2D eigenvalue weighted by atomic mass is 19.4. The van der Waals surface area contributed by atoms with Crippen molar-refractivity contribution >= 4 is 22.6 Å². The summed E-state index contributed by atoms with van der Waals surface area (Å²) in [5.41, 5.74) is 2.20. The Bertz CT molecular complexity index is 975. The lowest BCUT2D eigenvalue weighted by Gasteiger charge is -2.09. The number of hydrogen-bond acceptors (Lipinski definition) is 3. The molecule has 9 heteroatoms. The van der Waals surface area contributed by atoms with Crippen molar-refractivity contribution in [1.82, 2.24) is 9.97 Å². The topological polar surface area (TPSA) is 87.0 Å². The highest BCUT2D eigenvalue weighted by Gasteiger charge is 2.27. The maximum Gasteiger partial charge on any atom is 0.411 e. The third-order valence-corrected chi connectivity index (χ3v) is 3.52. The summed E-state index contributed by atoms with van der Waals surface area (Å²) < 4.78 is 40.7. The van der Waals surface area contributed by atoms with Gasteiger partial charge in [-0.3, -0.25) is 4.79 Å². The van der Waals surface area contributed by atoms with Gasteiger partial charge in [-0.15, -0.1) is 0 Å². The first-order chi connectivity index (χ1) is 12.3. The number of H-pyrrole nitrogens is 2. The van der Waals surface area contributed by atoms with E-state index in [1.807, 2.05) is 0 Å². The molecule has 26 heavy (non-hydrogen) atoms. The summed E-state index contributed by atoms with van der Waals surface area (Å²) in [5, 5.41) is 2.69. The van der Waals surface area contributed by atoms with Crippen LogP contribution in [0, 0.1) is 0 Å². The number of amides is 1. The smallest absolute Gasteiger partial charge is 0.367 e. The molecule has 1 aromatic heterocycles. The summed E-state index contributed by atoms with van der Waals surface area (Å²) >= 11 is 0. The second kappa shape index (κ2) is 7.04. The van der Waals surface area contributed by atoms with Crippen LogP contribution in [0.15, 0.2) is 47.3 Å². The van der Waals surface area contributed by atoms with Crippen molar-refractivity contribution in [3.8, 4) is 0 Å². The maximum absolute atomic E-state index is 12.2. The molecule has 0 atom stereocenters. The van der Waals surface area contributed by atoms with Gasteiger partial charge in [-0.05, 0) is 35.9 Å². The summed E-state index contributed by atoms with van der Waals surface area (Å²) in [6, 6.07) is 11.0. The quantitative estimate of drug-likeness (QED) is 0.649. The molecule has 0 spiro atoms. The van der Waals surface area contributed by atoms with Gasteiger partial charge in [0.25, 0.3) is 5.91 Å². The third-order valence-electron chi connectivity index (χ3n) is 3.52. The molecule has 0 saturated carbocycles. The summed E-state index contributed by atoms with van der Waals surface area (Å²) in [6.45, 7) is -1.52. The van der Waals surface area contributed by atoms with Crippen LogP contribution in [0.1, 0.15) is 15.9 Å². The Kier molecular flexibility index (Phi) is 4.81. The van der Waals surface area contributed by atoms with E-state index in [1.54, 1.807) is 18.2 Å². The zero-order valence-corrected chi connectivity index (χ0v) is 13.3. The van der Waals surface area contributed by atoms with E-state index in [0.29, 0.717) is 27.8 Å². The normalized spacial score (nSPS) is 11.7. The van der Waals surface area contributed by atoms with Gasteiger partial charge in [0.15, 0.2) is 0 Å².